The Morgan fingerprint density at radius 3 is 2.67 bits per heavy atom. The van der Waals surface area contributed by atoms with Crippen LogP contribution in [0.3, 0.4) is 0 Å². The number of rotatable bonds is 6. The molecular weight excluding hydrogens is 444 g/mol. The standard InChI is InChI=1S/C23H30N4O5S/c24-22(26-29)27-10-8-23(9-11-27)7-6-19-14-18(3-5-21(19)32-23)20-4-2-17(15-25-20)16-33(30,31)13-1-12-28/h2-5,14-15,28-29H,1,6-13,16H2,(H2,24,26). The summed E-state index contributed by atoms with van der Waals surface area (Å²) in [5, 5.41) is 20.8. The molecule has 0 saturated carbocycles. The molecule has 33 heavy (non-hydrogen) atoms. The second-order valence-electron chi connectivity index (χ2n) is 8.77. The summed E-state index contributed by atoms with van der Waals surface area (Å²) >= 11 is 0. The maximum Gasteiger partial charge on any atom is 0.233 e. The molecule has 0 unspecified atom stereocenters. The van der Waals surface area contributed by atoms with Gasteiger partial charge in [0.1, 0.15) is 11.4 Å². The fourth-order valence-electron chi connectivity index (χ4n) is 4.53. The van der Waals surface area contributed by atoms with Gasteiger partial charge in [0.2, 0.25) is 5.96 Å². The van der Waals surface area contributed by atoms with Crippen molar-refractivity contribution in [2.45, 2.75) is 43.5 Å². The molecule has 2 aliphatic rings. The molecular formula is C23H30N4O5S. The molecule has 0 bridgehead atoms. The van der Waals surface area contributed by atoms with Crippen molar-refractivity contribution < 1.29 is 23.5 Å². The lowest BCUT2D eigenvalue weighted by molar-refractivity contribution is -0.00134. The summed E-state index contributed by atoms with van der Waals surface area (Å²) in [5.74, 6) is 0.923. The highest BCUT2D eigenvalue weighted by atomic mass is 32.2. The van der Waals surface area contributed by atoms with E-state index >= 15 is 0 Å². The van der Waals surface area contributed by atoms with Gasteiger partial charge in [0.15, 0.2) is 9.84 Å². The minimum absolute atomic E-state index is 0.0298. The molecule has 1 aromatic heterocycles. The second-order valence-corrected chi connectivity index (χ2v) is 11.0. The number of hydrogen-bond donors (Lipinski definition) is 3. The number of aromatic nitrogens is 1. The highest BCUT2D eigenvalue weighted by molar-refractivity contribution is 7.90. The van der Waals surface area contributed by atoms with Gasteiger partial charge in [-0.15, -0.1) is 0 Å². The Morgan fingerprint density at radius 2 is 2.00 bits per heavy atom. The van der Waals surface area contributed by atoms with Crippen molar-refractivity contribution >= 4 is 15.8 Å². The van der Waals surface area contributed by atoms with Crippen molar-refractivity contribution in [2.75, 3.05) is 25.4 Å². The van der Waals surface area contributed by atoms with E-state index < -0.39 is 9.84 Å². The molecule has 0 atom stereocenters. The van der Waals surface area contributed by atoms with Gasteiger partial charge in [-0.1, -0.05) is 11.2 Å². The van der Waals surface area contributed by atoms with Crippen LogP contribution in [-0.4, -0.2) is 65.6 Å². The Labute approximate surface area is 193 Å². The smallest absolute Gasteiger partial charge is 0.233 e. The third kappa shape index (κ3) is 5.39. The minimum atomic E-state index is -3.26. The summed E-state index contributed by atoms with van der Waals surface area (Å²) in [6, 6.07) is 9.68. The third-order valence-corrected chi connectivity index (χ3v) is 8.14. The molecule has 0 radical (unpaired) electrons. The molecule has 1 saturated heterocycles. The van der Waals surface area contributed by atoms with Gasteiger partial charge in [-0.25, -0.2) is 8.42 Å². The summed E-state index contributed by atoms with van der Waals surface area (Å²) in [4.78, 5) is 6.34. The average Bonchev–Trinajstić information content (AvgIpc) is 2.83. The molecule has 0 aliphatic carbocycles. The summed E-state index contributed by atoms with van der Waals surface area (Å²) < 4.78 is 30.6. The van der Waals surface area contributed by atoms with Crippen LogP contribution in [0.2, 0.25) is 0 Å². The Balaban J connectivity index is 1.43. The predicted octanol–water partition coefficient (Wildman–Crippen LogP) is 1.91. The number of likely N-dealkylation sites (tertiary alicyclic amines) is 1. The molecule has 178 valence electrons. The SMILES string of the molecule is NC(=NO)N1CCC2(CCc3cc(-c4ccc(CS(=O)(=O)CCCO)cn4)ccc3O2)CC1. The largest absolute Gasteiger partial charge is 0.487 e. The number of pyridine rings is 1. The Bertz CT molecular complexity index is 1110. The lowest BCUT2D eigenvalue weighted by Crippen LogP contribution is -2.52. The lowest BCUT2D eigenvalue weighted by Gasteiger charge is -2.44. The van der Waals surface area contributed by atoms with E-state index in [1.807, 2.05) is 23.1 Å². The maximum absolute atomic E-state index is 12.1. The molecule has 4 rings (SSSR count). The monoisotopic (exact) mass is 474 g/mol. The van der Waals surface area contributed by atoms with Gasteiger partial charge in [-0.2, -0.15) is 0 Å². The zero-order chi connectivity index (χ0) is 23.5. The number of aryl methyl sites for hydroxylation is 1. The van der Waals surface area contributed by atoms with Crippen LogP contribution in [0, 0.1) is 0 Å². The van der Waals surface area contributed by atoms with E-state index in [9.17, 15) is 8.42 Å². The quantitative estimate of drug-likeness (QED) is 0.250. The van der Waals surface area contributed by atoms with E-state index in [4.69, 9.17) is 20.8 Å². The van der Waals surface area contributed by atoms with E-state index in [2.05, 4.69) is 16.2 Å². The van der Waals surface area contributed by atoms with Crippen molar-refractivity contribution in [2.24, 2.45) is 10.9 Å². The minimum Gasteiger partial charge on any atom is -0.487 e. The number of hydrogen-bond acceptors (Lipinski definition) is 7. The zero-order valence-electron chi connectivity index (χ0n) is 18.5. The number of guanidine groups is 1. The van der Waals surface area contributed by atoms with Crippen molar-refractivity contribution in [1.29, 1.82) is 0 Å². The van der Waals surface area contributed by atoms with Crippen LogP contribution < -0.4 is 10.5 Å². The van der Waals surface area contributed by atoms with Crippen molar-refractivity contribution in [3.63, 3.8) is 0 Å². The fourth-order valence-corrected chi connectivity index (χ4v) is 5.92. The number of aliphatic hydroxyl groups is 1. The van der Waals surface area contributed by atoms with E-state index in [0.717, 1.165) is 48.3 Å². The molecule has 2 aromatic rings. The second kappa shape index (κ2) is 9.56. The molecule has 1 fully saturated rings. The highest BCUT2D eigenvalue weighted by Crippen LogP contribution is 2.40. The van der Waals surface area contributed by atoms with E-state index in [1.54, 1.807) is 12.3 Å². The predicted molar refractivity (Wildman–Crippen MR) is 125 cm³/mol. The van der Waals surface area contributed by atoms with Crippen LogP contribution in [0.1, 0.15) is 36.8 Å². The number of sulfone groups is 1. The average molecular weight is 475 g/mol. The number of nitrogens with zero attached hydrogens (tertiary/aromatic N) is 3. The van der Waals surface area contributed by atoms with Crippen LogP contribution in [0.15, 0.2) is 41.7 Å². The molecule has 2 aliphatic heterocycles. The number of ether oxygens (including phenoxy) is 1. The van der Waals surface area contributed by atoms with Crippen LogP contribution in [0.25, 0.3) is 11.3 Å². The van der Waals surface area contributed by atoms with Gasteiger partial charge in [0.05, 0.1) is 17.2 Å². The molecule has 3 heterocycles. The fraction of sp³-hybridized carbons (Fsp3) is 0.478. The van der Waals surface area contributed by atoms with Crippen LogP contribution in [0.4, 0.5) is 0 Å². The number of aliphatic hydroxyl groups excluding tert-OH is 1. The first-order valence-electron chi connectivity index (χ1n) is 11.1. The first-order valence-corrected chi connectivity index (χ1v) is 13.0. The van der Waals surface area contributed by atoms with Gasteiger partial charge >= 0.3 is 0 Å². The van der Waals surface area contributed by atoms with E-state index in [-0.39, 0.29) is 36.1 Å². The molecule has 1 aromatic carbocycles. The van der Waals surface area contributed by atoms with Gasteiger partial charge < -0.3 is 25.7 Å². The summed E-state index contributed by atoms with van der Waals surface area (Å²) in [6.45, 7) is 1.25. The molecule has 0 amide bonds. The number of oxime groups is 1. The normalized spacial score (nSPS) is 18.1. The van der Waals surface area contributed by atoms with Gasteiger partial charge in [-0.05, 0) is 54.7 Å². The van der Waals surface area contributed by atoms with Crippen LogP contribution in [-0.2, 0) is 22.0 Å². The van der Waals surface area contributed by atoms with E-state index in [1.165, 1.54) is 0 Å². The first-order chi connectivity index (χ1) is 15.8. The number of benzene rings is 1. The molecule has 9 nitrogen and oxygen atoms in total. The molecule has 1 spiro atoms. The van der Waals surface area contributed by atoms with Gasteiger partial charge in [0, 0.05) is 44.3 Å². The maximum atomic E-state index is 12.1. The summed E-state index contributed by atoms with van der Waals surface area (Å²) in [6.07, 6.45) is 5.28. The number of nitrogens with two attached hydrogens (primary N) is 1. The Kier molecular flexibility index (Phi) is 6.76. The first kappa shape index (κ1) is 23.3. The number of piperidine rings is 1. The Morgan fingerprint density at radius 1 is 1.21 bits per heavy atom. The van der Waals surface area contributed by atoms with Crippen LogP contribution in [0.5, 0.6) is 5.75 Å². The van der Waals surface area contributed by atoms with E-state index in [0.29, 0.717) is 18.7 Å². The van der Waals surface area contributed by atoms with Crippen molar-refractivity contribution in [1.82, 2.24) is 9.88 Å². The third-order valence-electron chi connectivity index (χ3n) is 6.46. The molecule has 4 N–H and O–H groups in total. The van der Waals surface area contributed by atoms with Gasteiger partial charge in [0.25, 0.3) is 0 Å². The van der Waals surface area contributed by atoms with Crippen LogP contribution >= 0.6 is 0 Å². The topological polar surface area (TPSA) is 138 Å². The summed E-state index contributed by atoms with van der Waals surface area (Å²) in [7, 11) is -3.26. The molecule has 10 heteroatoms. The summed E-state index contributed by atoms with van der Waals surface area (Å²) in [5.41, 5.74) is 9.01. The zero-order valence-corrected chi connectivity index (χ0v) is 19.3. The van der Waals surface area contributed by atoms with Gasteiger partial charge in [-0.3, -0.25) is 4.98 Å². The lowest BCUT2D eigenvalue weighted by atomic mass is 9.83. The number of fused-ring (bicyclic) bond motifs is 1. The van der Waals surface area contributed by atoms with Crippen molar-refractivity contribution in [3.05, 3.63) is 47.7 Å². The highest BCUT2D eigenvalue weighted by Gasteiger charge is 2.40. The Hall–Kier alpha value is -2.85. The van der Waals surface area contributed by atoms with Crippen molar-refractivity contribution in [3.8, 4) is 17.0 Å².